The fourth-order valence-electron chi connectivity index (χ4n) is 3.02. The van der Waals surface area contributed by atoms with Gasteiger partial charge in [0.15, 0.2) is 0 Å². The molecule has 1 aliphatic carbocycles. The van der Waals surface area contributed by atoms with Gasteiger partial charge >= 0.3 is 0 Å². The number of thiophene rings is 1. The lowest BCUT2D eigenvalue weighted by Crippen LogP contribution is -2.41. The molecule has 0 spiro atoms. The molecule has 1 amide bonds. The molecule has 2 aliphatic rings. The second kappa shape index (κ2) is 4.92. The van der Waals surface area contributed by atoms with Gasteiger partial charge in [0.1, 0.15) is 4.83 Å². The number of carbonyl (C=O) groups excluding carboxylic acids is 1. The number of H-pyrrole nitrogens is 1. The minimum absolute atomic E-state index is 0.148. The Bertz CT molecular complexity index is 774. The zero-order valence-electron chi connectivity index (χ0n) is 11.5. The van der Waals surface area contributed by atoms with Gasteiger partial charge in [0.05, 0.1) is 18.6 Å². The Morgan fingerprint density at radius 3 is 2.90 bits per heavy atom. The molecule has 1 N–H and O–H groups in total. The van der Waals surface area contributed by atoms with Crippen LogP contribution in [0.15, 0.2) is 4.79 Å². The third kappa shape index (κ3) is 2.08. The molecule has 0 saturated carbocycles. The highest BCUT2D eigenvalue weighted by Gasteiger charge is 2.25. The summed E-state index contributed by atoms with van der Waals surface area (Å²) in [4.78, 5) is 35.4. The Morgan fingerprint density at radius 1 is 1.29 bits per heavy atom. The van der Waals surface area contributed by atoms with E-state index in [0.29, 0.717) is 36.5 Å². The average Bonchev–Trinajstić information content (AvgIpc) is 3.07. The maximum Gasteiger partial charge on any atom is 0.289 e. The normalized spacial score (nSPS) is 18.2. The van der Waals surface area contributed by atoms with E-state index in [4.69, 9.17) is 4.74 Å². The van der Waals surface area contributed by atoms with Gasteiger partial charge < -0.3 is 14.6 Å². The number of carbonyl (C=O) groups is 1. The lowest BCUT2D eigenvalue weighted by Gasteiger charge is -2.26. The summed E-state index contributed by atoms with van der Waals surface area (Å²) in [7, 11) is 0. The molecule has 0 atom stereocenters. The third-order valence-corrected chi connectivity index (χ3v) is 5.26. The van der Waals surface area contributed by atoms with Gasteiger partial charge in [-0.15, -0.1) is 11.3 Å². The van der Waals surface area contributed by atoms with Crippen LogP contribution < -0.4 is 5.56 Å². The van der Waals surface area contributed by atoms with Crippen LogP contribution in [0.5, 0.6) is 0 Å². The summed E-state index contributed by atoms with van der Waals surface area (Å²) in [6, 6.07) is 0. The molecule has 6 nitrogen and oxygen atoms in total. The number of hydrogen-bond acceptors (Lipinski definition) is 5. The Hall–Kier alpha value is -1.73. The van der Waals surface area contributed by atoms with E-state index in [1.807, 2.05) is 0 Å². The molecule has 1 aliphatic heterocycles. The monoisotopic (exact) mass is 305 g/mol. The van der Waals surface area contributed by atoms with E-state index in [1.165, 1.54) is 4.88 Å². The van der Waals surface area contributed by atoms with E-state index in [1.54, 1.807) is 16.2 Å². The van der Waals surface area contributed by atoms with Crippen LogP contribution in [0.1, 0.15) is 27.5 Å². The van der Waals surface area contributed by atoms with Crippen LogP contribution >= 0.6 is 11.3 Å². The molecule has 0 unspecified atom stereocenters. The van der Waals surface area contributed by atoms with Gasteiger partial charge in [0.2, 0.25) is 5.82 Å². The first-order valence-corrected chi connectivity index (χ1v) is 7.97. The maximum absolute atomic E-state index is 12.4. The van der Waals surface area contributed by atoms with Crippen molar-refractivity contribution in [3.8, 4) is 0 Å². The van der Waals surface area contributed by atoms with Crippen molar-refractivity contribution < 1.29 is 9.53 Å². The number of hydrogen-bond donors (Lipinski definition) is 1. The van der Waals surface area contributed by atoms with Gasteiger partial charge in [-0.05, 0) is 24.8 Å². The highest BCUT2D eigenvalue weighted by Crippen LogP contribution is 2.34. The van der Waals surface area contributed by atoms with Gasteiger partial charge in [-0.3, -0.25) is 9.59 Å². The highest BCUT2D eigenvalue weighted by molar-refractivity contribution is 7.18. The van der Waals surface area contributed by atoms with Crippen LogP contribution in [0.2, 0.25) is 0 Å². The minimum Gasteiger partial charge on any atom is -0.378 e. The highest BCUT2D eigenvalue weighted by atomic mass is 32.1. The van der Waals surface area contributed by atoms with Crippen molar-refractivity contribution in [2.45, 2.75) is 19.3 Å². The largest absolute Gasteiger partial charge is 0.378 e. The number of aromatic amines is 1. The molecular formula is C14H15N3O3S. The van der Waals surface area contributed by atoms with Crippen LogP contribution in [0.4, 0.5) is 0 Å². The van der Waals surface area contributed by atoms with Gasteiger partial charge in [-0.1, -0.05) is 0 Å². The zero-order valence-corrected chi connectivity index (χ0v) is 12.3. The number of amides is 1. The fraction of sp³-hybridized carbons (Fsp3) is 0.500. The molecule has 110 valence electrons. The topological polar surface area (TPSA) is 75.3 Å². The van der Waals surface area contributed by atoms with E-state index in [2.05, 4.69) is 9.97 Å². The molecule has 21 heavy (non-hydrogen) atoms. The lowest BCUT2D eigenvalue weighted by molar-refractivity contribution is 0.0295. The van der Waals surface area contributed by atoms with Crippen LogP contribution in [0.25, 0.3) is 10.2 Å². The Morgan fingerprint density at radius 2 is 2.10 bits per heavy atom. The fourth-order valence-corrected chi connectivity index (χ4v) is 4.28. The predicted octanol–water partition coefficient (Wildman–Crippen LogP) is 0.946. The summed E-state index contributed by atoms with van der Waals surface area (Å²) in [5, 5.41) is 0.686. The number of aryl methyl sites for hydroxylation is 2. The summed E-state index contributed by atoms with van der Waals surface area (Å²) < 4.78 is 5.24. The summed E-state index contributed by atoms with van der Waals surface area (Å²) in [5.74, 6) is -0.0693. The first-order valence-electron chi connectivity index (χ1n) is 7.15. The molecule has 2 aromatic heterocycles. The van der Waals surface area contributed by atoms with Crippen LogP contribution in [0.3, 0.4) is 0 Å². The Labute approximate surface area is 124 Å². The first-order chi connectivity index (χ1) is 10.2. The number of fused-ring (bicyclic) bond motifs is 3. The van der Waals surface area contributed by atoms with Crippen LogP contribution in [0, 0.1) is 0 Å². The van der Waals surface area contributed by atoms with E-state index in [9.17, 15) is 9.59 Å². The van der Waals surface area contributed by atoms with Crippen LogP contribution in [-0.2, 0) is 17.6 Å². The van der Waals surface area contributed by atoms with Crippen molar-refractivity contribution in [3.63, 3.8) is 0 Å². The number of nitrogens with one attached hydrogen (secondary N) is 1. The van der Waals surface area contributed by atoms with E-state index >= 15 is 0 Å². The standard InChI is InChI=1S/C14H15N3O3S/c18-12-10-8-2-1-3-9(8)21-13(10)16-11(15-12)14(19)17-4-6-20-7-5-17/h1-7H2,(H,15,16,18). The van der Waals surface area contributed by atoms with Gasteiger partial charge in [0.25, 0.3) is 11.5 Å². The zero-order chi connectivity index (χ0) is 14.4. The molecule has 4 rings (SSSR count). The SMILES string of the molecule is O=C(c1nc2sc3c(c2c(=O)[nH]1)CCC3)N1CCOCC1. The van der Waals surface area contributed by atoms with Gasteiger partial charge in [-0.25, -0.2) is 4.98 Å². The smallest absolute Gasteiger partial charge is 0.289 e. The first kappa shape index (κ1) is 13.0. The quantitative estimate of drug-likeness (QED) is 0.851. The molecule has 1 fully saturated rings. The molecule has 0 aromatic carbocycles. The second-order valence-corrected chi connectivity index (χ2v) is 6.44. The molecule has 7 heteroatoms. The molecule has 0 radical (unpaired) electrons. The van der Waals surface area contributed by atoms with Crippen molar-refractivity contribution in [1.29, 1.82) is 0 Å². The second-order valence-electron chi connectivity index (χ2n) is 5.36. The summed E-state index contributed by atoms with van der Waals surface area (Å²) in [6.07, 6.45) is 3.06. The van der Waals surface area contributed by atoms with E-state index in [-0.39, 0.29) is 17.3 Å². The summed E-state index contributed by atoms with van der Waals surface area (Å²) in [6.45, 7) is 2.15. The van der Waals surface area contributed by atoms with Crippen molar-refractivity contribution >= 4 is 27.5 Å². The lowest BCUT2D eigenvalue weighted by atomic mass is 10.2. The maximum atomic E-state index is 12.4. The van der Waals surface area contributed by atoms with Gasteiger partial charge in [-0.2, -0.15) is 0 Å². The molecule has 2 aromatic rings. The van der Waals surface area contributed by atoms with E-state index < -0.39 is 0 Å². The molecule has 0 bridgehead atoms. The molecule has 3 heterocycles. The van der Waals surface area contributed by atoms with Gasteiger partial charge in [0, 0.05) is 18.0 Å². The summed E-state index contributed by atoms with van der Waals surface area (Å²) >= 11 is 1.55. The van der Waals surface area contributed by atoms with Crippen molar-refractivity contribution in [2.75, 3.05) is 26.3 Å². The van der Waals surface area contributed by atoms with Crippen molar-refractivity contribution in [2.24, 2.45) is 0 Å². The summed E-state index contributed by atoms with van der Waals surface area (Å²) in [5.41, 5.74) is 0.949. The Kier molecular flexibility index (Phi) is 3.04. The number of morpholine rings is 1. The Balaban J connectivity index is 1.76. The number of ether oxygens (including phenoxy) is 1. The average molecular weight is 305 g/mol. The number of nitrogens with zero attached hydrogens (tertiary/aromatic N) is 2. The van der Waals surface area contributed by atoms with Crippen LogP contribution in [-0.4, -0.2) is 47.1 Å². The molecule has 1 saturated heterocycles. The minimum atomic E-state index is -0.217. The third-order valence-electron chi connectivity index (χ3n) is 4.08. The molecular weight excluding hydrogens is 290 g/mol. The predicted molar refractivity (Wildman–Crippen MR) is 79.0 cm³/mol. The number of rotatable bonds is 1. The van der Waals surface area contributed by atoms with Crippen molar-refractivity contribution in [1.82, 2.24) is 14.9 Å². The van der Waals surface area contributed by atoms with E-state index in [0.717, 1.165) is 24.8 Å². The number of aromatic nitrogens is 2. The van der Waals surface area contributed by atoms with Crippen molar-refractivity contribution in [3.05, 3.63) is 26.6 Å².